The second kappa shape index (κ2) is 17.8. The molecular formula is C75H50O. The highest BCUT2D eigenvalue weighted by Crippen LogP contribution is 2.64. The molecule has 1 nitrogen and oxygen atoms in total. The Balaban J connectivity index is 0.901. The van der Waals surface area contributed by atoms with E-state index in [0.29, 0.717) is 0 Å². The third-order valence-electron chi connectivity index (χ3n) is 16.5. The van der Waals surface area contributed by atoms with Crippen LogP contribution >= 0.6 is 0 Å². The summed E-state index contributed by atoms with van der Waals surface area (Å²) in [5, 5.41) is 0. The quantitative estimate of drug-likeness (QED) is 0.155. The summed E-state index contributed by atoms with van der Waals surface area (Å²) in [6, 6.07) is 105. The molecule has 3 aliphatic rings. The monoisotopic (exact) mass is 966 g/mol. The van der Waals surface area contributed by atoms with Crippen molar-refractivity contribution in [1.29, 1.82) is 0 Å². The van der Waals surface area contributed by atoms with Crippen LogP contribution in [0.15, 0.2) is 285 Å². The standard InChI is InChI=1S/C75H50O/c1-5-18-49(19-6-1)53-32-34-54(35-33-53)67-45-58-37-36-57(47-72(58)76-73-48-56(38-40-65(67)73)50-20-7-2-8-21-50)55-39-41-66-71(46-55)75(68-29-15-13-26-63(68)64-27-14-16-30-69(64)75)70-31-17-28-62(74(66)70)61-43-59(51-22-9-3-10-23-51)42-60(44-61)52-24-11-4-12-25-52/h1-44,46-48,67H,45H2. The van der Waals surface area contributed by atoms with Gasteiger partial charge in [0.2, 0.25) is 0 Å². The highest BCUT2D eigenvalue weighted by molar-refractivity contribution is 6.01. The van der Waals surface area contributed by atoms with Crippen LogP contribution in [0.1, 0.15) is 44.9 Å². The van der Waals surface area contributed by atoms with E-state index in [1.54, 1.807) is 0 Å². The number of ether oxygens (including phenoxy) is 1. The predicted octanol–water partition coefficient (Wildman–Crippen LogP) is 19.5. The second-order valence-corrected chi connectivity index (χ2v) is 20.6. The van der Waals surface area contributed by atoms with Gasteiger partial charge in [-0.3, -0.25) is 0 Å². The van der Waals surface area contributed by atoms with Crippen LogP contribution in [-0.2, 0) is 11.8 Å². The van der Waals surface area contributed by atoms with E-state index in [1.165, 1.54) is 111 Å². The van der Waals surface area contributed by atoms with Crippen LogP contribution in [0.25, 0.3) is 89.0 Å². The third-order valence-corrected chi connectivity index (χ3v) is 16.5. The van der Waals surface area contributed by atoms with E-state index in [9.17, 15) is 0 Å². The van der Waals surface area contributed by atoms with Crippen molar-refractivity contribution in [2.45, 2.75) is 17.8 Å². The first-order valence-electron chi connectivity index (χ1n) is 26.6. The molecule has 0 saturated carbocycles. The normalized spacial score (nSPS) is 14.1. The summed E-state index contributed by atoms with van der Waals surface area (Å²) in [5.41, 5.74) is 27.8. The molecule has 1 unspecified atom stereocenters. The van der Waals surface area contributed by atoms with Crippen molar-refractivity contribution in [3.05, 3.63) is 324 Å². The molecule has 1 spiro atoms. The van der Waals surface area contributed by atoms with Gasteiger partial charge in [-0.25, -0.2) is 0 Å². The Morgan fingerprint density at radius 1 is 0.276 bits per heavy atom. The lowest BCUT2D eigenvalue weighted by molar-refractivity contribution is 0.479. The maximum Gasteiger partial charge on any atom is 0.131 e. The van der Waals surface area contributed by atoms with E-state index >= 15 is 0 Å². The molecule has 0 aromatic heterocycles. The van der Waals surface area contributed by atoms with E-state index in [1.807, 2.05) is 0 Å². The Kier molecular flexibility index (Phi) is 10.3. The van der Waals surface area contributed by atoms with Gasteiger partial charge in [0.1, 0.15) is 11.5 Å². The topological polar surface area (TPSA) is 9.23 Å². The van der Waals surface area contributed by atoms with Gasteiger partial charge in [-0.1, -0.05) is 249 Å². The van der Waals surface area contributed by atoms with Gasteiger partial charge in [0.05, 0.1) is 5.41 Å². The van der Waals surface area contributed by atoms with E-state index in [0.717, 1.165) is 34.6 Å². The Hall–Kier alpha value is -9.56. The van der Waals surface area contributed by atoms with Crippen molar-refractivity contribution < 1.29 is 4.74 Å². The van der Waals surface area contributed by atoms with Gasteiger partial charge in [-0.05, 0) is 165 Å². The zero-order valence-electron chi connectivity index (χ0n) is 41.8. The molecular weight excluding hydrogens is 917 g/mol. The number of benzene rings is 12. The molecule has 0 saturated heterocycles. The number of rotatable bonds is 7. The molecule has 76 heavy (non-hydrogen) atoms. The van der Waals surface area contributed by atoms with E-state index in [4.69, 9.17) is 4.74 Å². The van der Waals surface area contributed by atoms with Crippen molar-refractivity contribution in [3.8, 4) is 101 Å². The molecule has 2 aliphatic carbocycles. The van der Waals surface area contributed by atoms with Crippen molar-refractivity contribution in [2.75, 3.05) is 0 Å². The Morgan fingerprint density at radius 3 is 1.36 bits per heavy atom. The minimum atomic E-state index is -0.540. The van der Waals surface area contributed by atoms with Crippen molar-refractivity contribution >= 4 is 0 Å². The Bertz CT molecular complexity index is 4090. The minimum absolute atomic E-state index is 0.101. The molecule has 1 heteroatoms. The highest BCUT2D eigenvalue weighted by Gasteiger charge is 2.52. The summed E-state index contributed by atoms with van der Waals surface area (Å²) in [6.07, 6.45) is 0.814. The maximum atomic E-state index is 7.25. The van der Waals surface area contributed by atoms with E-state index in [2.05, 4.69) is 285 Å². The van der Waals surface area contributed by atoms with Crippen LogP contribution in [0.3, 0.4) is 0 Å². The Labute approximate surface area is 444 Å². The van der Waals surface area contributed by atoms with Crippen LogP contribution < -0.4 is 4.74 Å². The lowest BCUT2D eigenvalue weighted by atomic mass is 9.70. The average molecular weight is 967 g/mol. The van der Waals surface area contributed by atoms with Crippen LogP contribution in [-0.4, -0.2) is 0 Å². The smallest absolute Gasteiger partial charge is 0.131 e. The summed E-state index contributed by atoms with van der Waals surface area (Å²) in [5.74, 6) is 1.90. The molecule has 12 aromatic carbocycles. The summed E-state index contributed by atoms with van der Waals surface area (Å²) in [7, 11) is 0. The summed E-state index contributed by atoms with van der Waals surface area (Å²) in [6.45, 7) is 0. The summed E-state index contributed by atoms with van der Waals surface area (Å²) >= 11 is 0. The molecule has 1 atom stereocenters. The van der Waals surface area contributed by atoms with E-state index < -0.39 is 5.41 Å². The summed E-state index contributed by atoms with van der Waals surface area (Å²) < 4.78 is 7.25. The second-order valence-electron chi connectivity index (χ2n) is 20.6. The zero-order chi connectivity index (χ0) is 50.2. The minimum Gasteiger partial charge on any atom is -0.457 e. The third kappa shape index (κ3) is 7.08. The average Bonchev–Trinajstić information content (AvgIpc) is 4.15. The fraction of sp³-hybridized carbons (Fsp3) is 0.0400. The number of hydrogen-bond donors (Lipinski definition) is 0. The van der Waals surface area contributed by atoms with Gasteiger partial charge >= 0.3 is 0 Å². The molecule has 356 valence electrons. The molecule has 0 amide bonds. The molecule has 0 bridgehead atoms. The van der Waals surface area contributed by atoms with Crippen molar-refractivity contribution in [1.82, 2.24) is 0 Å². The number of fused-ring (bicyclic) bond motifs is 12. The number of hydrogen-bond acceptors (Lipinski definition) is 1. The van der Waals surface area contributed by atoms with Gasteiger partial charge in [-0.2, -0.15) is 0 Å². The van der Waals surface area contributed by atoms with Crippen molar-refractivity contribution in [2.24, 2.45) is 0 Å². The first kappa shape index (κ1) is 44.0. The molecule has 15 rings (SSSR count). The highest BCUT2D eigenvalue weighted by atomic mass is 16.5. The van der Waals surface area contributed by atoms with E-state index in [-0.39, 0.29) is 5.92 Å². The van der Waals surface area contributed by atoms with Gasteiger partial charge in [0, 0.05) is 11.5 Å². The van der Waals surface area contributed by atoms with Crippen LogP contribution in [0.5, 0.6) is 11.5 Å². The maximum absolute atomic E-state index is 7.25. The molecule has 0 N–H and O–H groups in total. The largest absolute Gasteiger partial charge is 0.457 e. The zero-order valence-corrected chi connectivity index (χ0v) is 41.8. The lowest BCUT2D eigenvalue weighted by Gasteiger charge is -2.31. The fourth-order valence-electron chi connectivity index (χ4n) is 13.0. The SMILES string of the molecule is c1ccc(-c2ccc(C3Cc4ccc(-c5ccc6c(c5)C5(c7ccccc7-c7ccccc75)c5cccc(-c7cc(-c8ccccc8)cc(-c8ccccc8)c7)c5-6)cc4Oc4cc(-c5ccccc5)ccc43)cc2)cc1. The molecule has 0 radical (unpaired) electrons. The predicted molar refractivity (Wildman–Crippen MR) is 314 cm³/mol. The van der Waals surface area contributed by atoms with Crippen LogP contribution in [0, 0.1) is 0 Å². The molecule has 0 fully saturated rings. The fourth-order valence-corrected chi connectivity index (χ4v) is 13.0. The van der Waals surface area contributed by atoms with Gasteiger partial charge < -0.3 is 4.74 Å². The van der Waals surface area contributed by atoms with Crippen LogP contribution in [0.4, 0.5) is 0 Å². The molecule has 1 aliphatic heterocycles. The first-order chi connectivity index (χ1) is 37.7. The molecule has 12 aromatic rings. The first-order valence-corrected chi connectivity index (χ1v) is 26.6. The van der Waals surface area contributed by atoms with Crippen molar-refractivity contribution in [3.63, 3.8) is 0 Å². The lowest BCUT2D eigenvalue weighted by Crippen LogP contribution is -2.25. The summed E-state index contributed by atoms with van der Waals surface area (Å²) in [4.78, 5) is 0. The van der Waals surface area contributed by atoms with Gasteiger partial charge in [0.15, 0.2) is 0 Å². The molecule has 1 heterocycles. The van der Waals surface area contributed by atoms with Gasteiger partial charge in [-0.15, -0.1) is 0 Å². The Morgan fingerprint density at radius 2 is 0.724 bits per heavy atom. The van der Waals surface area contributed by atoms with Gasteiger partial charge in [0.25, 0.3) is 0 Å². The van der Waals surface area contributed by atoms with Crippen LogP contribution in [0.2, 0.25) is 0 Å².